The van der Waals surface area contributed by atoms with Gasteiger partial charge in [-0.1, -0.05) is 35.2 Å². The molecule has 2 rings (SSSR count). The molecule has 3 atom stereocenters. The largest absolute Gasteiger partial charge is 0.279 e. The van der Waals surface area contributed by atoms with Gasteiger partial charge in [0.25, 0.3) is 10.2 Å². The van der Waals surface area contributed by atoms with Crippen molar-refractivity contribution >= 4 is 26.1 Å². The smallest absolute Gasteiger partial charge is 0.198 e. The van der Waals surface area contributed by atoms with Crippen molar-refractivity contribution in [2.75, 3.05) is 6.54 Å². The third-order valence-electron chi connectivity index (χ3n) is 4.03. The van der Waals surface area contributed by atoms with Gasteiger partial charge in [-0.3, -0.25) is 0 Å². The van der Waals surface area contributed by atoms with Crippen LogP contribution >= 0.6 is 15.9 Å². The number of nitrogens with one attached hydrogen (secondary N) is 1. The molecule has 0 aromatic rings. The lowest BCUT2D eigenvalue weighted by Crippen LogP contribution is -2.53. The molecule has 0 aromatic carbocycles. The minimum atomic E-state index is -3.31. The Kier molecular flexibility index (Phi) is 5.08. The van der Waals surface area contributed by atoms with Crippen molar-refractivity contribution < 1.29 is 8.42 Å². The Morgan fingerprint density at radius 1 is 1.11 bits per heavy atom. The van der Waals surface area contributed by atoms with Gasteiger partial charge in [0, 0.05) is 23.5 Å². The van der Waals surface area contributed by atoms with Crippen molar-refractivity contribution in [3.8, 4) is 0 Å². The molecule has 2 aliphatic rings. The average Bonchev–Trinajstić information content (AvgIpc) is 2.32. The summed E-state index contributed by atoms with van der Waals surface area (Å²) in [6, 6.07) is 0.187. The van der Waals surface area contributed by atoms with E-state index in [0.717, 1.165) is 38.5 Å². The van der Waals surface area contributed by atoms with Crippen LogP contribution < -0.4 is 4.72 Å². The molecule has 1 saturated carbocycles. The number of piperidine rings is 1. The zero-order valence-corrected chi connectivity index (χ0v) is 13.3. The van der Waals surface area contributed by atoms with Gasteiger partial charge in [-0.05, 0) is 32.6 Å². The Morgan fingerprint density at radius 2 is 1.78 bits per heavy atom. The number of halogens is 1. The van der Waals surface area contributed by atoms with Gasteiger partial charge in [0.2, 0.25) is 0 Å². The third kappa shape index (κ3) is 3.46. The number of hydrogen-bond donors (Lipinski definition) is 1. The number of alkyl halides is 1. The van der Waals surface area contributed by atoms with E-state index in [-0.39, 0.29) is 16.9 Å². The molecule has 4 nitrogen and oxygen atoms in total. The van der Waals surface area contributed by atoms with Crippen LogP contribution in [0, 0.1) is 0 Å². The van der Waals surface area contributed by atoms with E-state index in [2.05, 4.69) is 20.7 Å². The van der Waals surface area contributed by atoms with E-state index < -0.39 is 10.2 Å². The van der Waals surface area contributed by atoms with Gasteiger partial charge in [0.1, 0.15) is 0 Å². The summed E-state index contributed by atoms with van der Waals surface area (Å²) in [6.45, 7) is 2.67. The molecule has 0 spiro atoms. The molecular formula is C12H23BrN2O2S. The summed E-state index contributed by atoms with van der Waals surface area (Å²) in [5.74, 6) is 0. The highest BCUT2D eigenvalue weighted by Crippen LogP contribution is 2.26. The summed E-state index contributed by atoms with van der Waals surface area (Å²) in [5, 5.41) is 0. The molecule has 0 aromatic heterocycles. The first-order valence-corrected chi connectivity index (χ1v) is 9.29. The van der Waals surface area contributed by atoms with Crippen molar-refractivity contribution in [1.29, 1.82) is 0 Å². The van der Waals surface area contributed by atoms with Crippen LogP contribution in [0.4, 0.5) is 0 Å². The van der Waals surface area contributed by atoms with Crippen LogP contribution in [-0.2, 0) is 10.2 Å². The topological polar surface area (TPSA) is 49.4 Å². The Hall–Kier alpha value is 0.350. The SMILES string of the molecule is CC1CCCCN1S(=O)(=O)NC1CCCCC1Br. The summed E-state index contributed by atoms with van der Waals surface area (Å²) in [6.07, 6.45) is 7.40. The highest BCUT2D eigenvalue weighted by molar-refractivity contribution is 9.09. The molecule has 1 aliphatic heterocycles. The maximum absolute atomic E-state index is 12.4. The van der Waals surface area contributed by atoms with Gasteiger partial charge in [-0.25, -0.2) is 0 Å². The highest BCUT2D eigenvalue weighted by atomic mass is 79.9. The van der Waals surface area contributed by atoms with E-state index in [4.69, 9.17) is 0 Å². The van der Waals surface area contributed by atoms with Crippen LogP contribution in [0.15, 0.2) is 0 Å². The van der Waals surface area contributed by atoms with Gasteiger partial charge in [0.15, 0.2) is 0 Å². The molecule has 1 heterocycles. The predicted molar refractivity (Wildman–Crippen MR) is 77.0 cm³/mol. The van der Waals surface area contributed by atoms with Crippen molar-refractivity contribution in [2.24, 2.45) is 0 Å². The maximum atomic E-state index is 12.4. The molecule has 106 valence electrons. The second-order valence-corrected chi connectivity index (χ2v) is 8.32. The van der Waals surface area contributed by atoms with Gasteiger partial charge < -0.3 is 0 Å². The van der Waals surface area contributed by atoms with Crippen molar-refractivity contribution in [3.63, 3.8) is 0 Å². The van der Waals surface area contributed by atoms with Gasteiger partial charge >= 0.3 is 0 Å². The second-order valence-electron chi connectivity index (χ2n) is 5.49. The predicted octanol–water partition coefficient (Wildman–Crippen LogP) is 2.40. The molecule has 18 heavy (non-hydrogen) atoms. The van der Waals surface area contributed by atoms with E-state index in [1.807, 2.05) is 6.92 Å². The fraction of sp³-hybridized carbons (Fsp3) is 1.00. The normalized spacial score (nSPS) is 35.6. The molecule has 0 radical (unpaired) electrons. The van der Waals surface area contributed by atoms with Crippen LogP contribution in [-0.4, -0.2) is 36.2 Å². The Balaban J connectivity index is 2.01. The molecule has 0 amide bonds. The fourth-order valence-corrected chi connectivity index (χ4v) is 5.55. The van der Waals surface area contributed by atoms with Crippen molar-refractivity contribution in [2.45, 2.75) is 68.8 Å². The van der Waals surface area contributed by atoms with E-state index in [1.54, 1.807) is 4.31 Å². The number of hydrogen-bond acceptors (Lipinski definition) is 2. The van der Waals surface area contributed by atoms with E-state index in [0.29, 0.717) is 6.54 Å². The molecule has 2 fully saturated rings. The monoisotopic (exact) mass is 338 g/mol. The maximum Gasteiger partial charge on any atom is 0.279 e. The fourth-order valence-electron chi connectivity index (χ4n) is 2.91. The van der Waals surface area contributed by atoms with Crippen LogP contribution in [0.5, 0.6) is 0 Å². The summed E-state index contributed by atoms with van der Waals surface area (Å²) in [7, 11) is -3.31. The van der Waals surface area contributed by atoms with E-state index in [9.17, 15) is 8.42 Å². The second kappa shape index (κ2) is 6.20. The Bertz CT molecular complexity index is 374. The molecular weight excluding hydrogens is 316 g/mol. The zero-order chi connectivity index (χ0) is 13.2. The number of nitrogens with zero attached hydrogens (tertiary/aromatic N) is 1. The van der Waals surface area contributed by atoms with Crippen molar-refractivity contribution in [3.05, 3.63) is 0 Å². The molecule has 0 bridgehead atoms. The average molecular weight is 339 g/mol. The minimum Gasteiger partial charge on any atom is -0.198 e. The molecule has 3 unspecified atom stereocenters. The minimum absolute atomic E-state index is 0.0536. The van der Waals surface area contributed by atoms with Crippen LogP contribution in [0.25, 0.3) is 0 Å². The zero-order valence-electron chi connectivity index (χ0n) is 10.9. The van der Waals surface area contributed by atoms with Crippen LogP contribution in [0.2, 0.25) is 0 Å². The Labute approximate surface area is 119 Å². The lowest BCUT2D eigenvalue weighted by molar-refractivity contribution is 0.261. The first-order chi connectivity index (χ1) is 8.50. The van der Waals surface area contributed by atoms with Gasteiger partial charge in [-0.15, -0.1) is 0 Å². The highest BCUT2D eigenvalue weighted by Gasteiger charge is 2.33. The first-order valence-electron chi connectivity index (χ1n) is 6.94. The van der Waals surface area contributed by atoms with Crippen LogP contribution in [0.1, 0.15) is 51.9 Å². The van der Waals surface area contributed by atoms with Crippen molar-refractivity contribution in [1.82, 2.24) is 9.03 Å². The summed E-state index contributed by atoms with van der Waals surface area (Å²) < 4.78 is 29.3. The quantitative estimate of drug-likeness (QED) is 0.803. The van der Waals surface area contributed by atoms with E-state index in [1.165, 1.54) is 6.42 Å². The summed E-state index contributed by atoms with van der Waals surface area (Å²) >= 11 is 3.60. The first kappa shape index (κ1) is 14.8. The molecule has 1 aliphatic carbocycles. The number of rotatable bonds is 3. The lowest BCUT2D eigenvalue weighted by Gasteiger charge is -2.35. The summed E-state index contributed by atoms with van der Waals surface area (Å²) in [5.41, 5.74) is 0. The standard InChI is InChI=1S/C12H23BrN2O2S/c1-10-6-4-5-9-15(10)18(16,17)14-12-8-3-2-7-11(12)13/h10-12,14H,2-9H2,1H3. The lowest BCUT2D eigenvalue weighted by atomic mass is 9.96. The summed E-state index contributed by atoms with van der Waals surface area (Å²) in [4.78, 5) is 0.279. The molecule has 6 heteroatoms. The van der Waals surface area contributed by atoms with E-state index >= 15 is 0 Å². The molecule has 1 saturated heterocycles. The Morgan fingerprint density at radius 3 is 2.44 bits per heavy atom. The molecule has 1 N–H and O–H groups in total. The van der Waals surface area contributed by atoms with Crippen LogP contribution in [0.3, 0.4) is 0 Å². The van der Waals surface area contributed by atoms with Gasteiger partial charge in [-0.2, -0.15) is 17.4 Å². The van der Waals surface area contributed by atoms with Gasteiger partial charge in [0.05, 0.1) is 0 Å². The third-order valence-corrected chi connectivity index (χ3v) is 6.89.